The van der Waals surface area contributed by atoms with Crippen molar-refractivity contribution in [3.63, 3.8) is 0 Å². The molecule has 68 valence electrons. The molecule has 1 rings (SSSR count). The van der Waals surface area contributed by atoms with Gasteiger partial charge in [0.05, 0.1) is 11.1 Å². The second-order valence-corrected chi connectivity index (χ2v) is 3.18. The fraction of sp³-hybridized carbons (Fsp3) is 0.273. The number of nitrogens with zero attached hydrogens (tertiary/aromatic N) is 1. The Morgan fingerprint density at radius 2 is 2.31 bits per heavy atom. The van der Waals surface area contributed by atoms with Gasteiger partial charge in [0, 0.05) is 6.20 Å². The highest BCUT2D eigenvalue weighted by Gasteiger charge is 2.29. The van der Waals surface area contributed by atoms with E-state index >= 15 is 0 Å². The number of hydrogen-bond acceptors (Lipinski definition) is 2. The molecule has 0 bridgehead atoms. The predicted molar refractivity (Wildman–Crippen MR) is 52.5 cm³/mol. The zero-order valence-electron chi connectivity index (χ0n) is 7.95. The molecular weight excluding hydrogens is 162 g/mol. The van der Waals surface area contributed by atoms with E-state index in [1.807, 2.05) is 25.1 Å². The van der Waals surface area contributed by atoms with Crippen molar-refractivity contribution >= 4 is 5.78 Å². The lowest BCUT2D eigenvalue weighted by atomic mass is 9.83. The van der Waals surface area contributed by atoms with E-state index in [9.17, 15) is 4.79 Å². The number of Topliss-reactive ketones (excluding diaryl/α,β-unsaturated/α-hetero) is 1. The Labute approximate surface area is 78.3 Å². The maximum absolute atomic E-state index is 11.4. The normalized spacial score (nSPS) is 14.6. The third-order valence-electron chi connectivity index (χ3n) is 2.34. The second-order valence-electron chi connectivity index (χ2n) is 3.18. The monoisotopic (exact) mass is 175 g/mol. The quantitative estimate of drug-likeness (QED) is 0.658. The molecule has 2 heteroatoms. The lowest BCUT2D eigenvalue weighted by molar-refractivity contribution is -0.120. The van der Waals surface area contributed by atoms with Crippen molar-refractivity contribution < 1.29 is 4.79 Å². The van der Waals surface area contributed by atoms with Gasteiger partial charge < -0.3 is 0 Å². The standard InChI is InChI=1S/C11H13NO/c1-4-11(3,9(2)13)10-7-5-6-8-12-10/h4-8H,1H2,2-3H3. The molecular formula is C11H13NO. The minimum atomic E-state index is -0.652. The summed E-state index contributed by atoms with van der Waals surface area (Å²) in [5, 5.41) is 0. The lowest BCUT2D eigenvalue weighted by Gasteiger charge is -2.21. The van der Waals surface area contributed by atoms with Crippen molar-refractivity contribution in [2.45, 2.75) is 19.3 Å². The molecule has 0 fully saturated rings. The summed E-state index contributed by atoms with van der Waals surface area (Å²) in [6.45, 7) is 7.05. The topological polar surface area (TPSA) is 30.0 Å². The number of carbonyl (C=O) groups excluding carboxylic acids is 1. The molecule has 0 radical (unpaired) electrons. The number of rotatable bonds is 3. The van der Waals surface area contributed by atoms with Gasteiger partial charge in [0.25, 0.3) is 0 Å². The minimum absolute atomic E-state index is 0.0567. The van der Waals surface area contributed by atoms with Gasteiger partial charge in [-0.3, -0.25) is 9.78 Å². The molecule has 0 amide bonds. The van der Waals surface area contributed by atoms with Gasteiger partial charge >= 0.3 is 0 Å². The van der Waals surface area contributed by atoms with E-state index in [4.69, 9.17) is 0 Å². The van der Waals surface area contributed by atoms with Crippen LogP contribution in [0.4, 0.5) is 0 Å². The Morgan fingerprint density at radius 1 is 1.62 bits per heavy atom. The molecule has 1 aromatic rings. The van der Waals surface area contributed by atoms with Crippen LogP contribution in [0.1, 0.15) is 19.5 Å². The van der Waals surface area contributed by atoms with Crippen LogP contribution in [0.2, 0.25) is 0 Å². The van der Waals surface area contributed by atoms with E-state index in [1.54, 1.807) is 19.2 Å². The molecule has 13 heavy (non-hydrogen) atoms. The molecule has 1 heterocycles. The third kappa shape index (κ3) is 1.66. The van der Waals surface area contributed by atoms with E-state index in [0.717, 1.165) is 5.69 Å². The van der Waals surface area contributed by atoms with Gasteiger partial charge in [-0.25, -0.2) is 0 Å². The molecule has 2 nitrogen and oxygen atoms in total. The van der Waals surface area contributed by atoms with Gasteiger partial charge in [-0.1, -0.05) is 12.1 Å². The predicted octanol–water partition coefficient (Wildman–Crippen LogP) is 2.11. The Morgan fingerprint density at radius 3 is 2.69 bits per heavy atom. The van der Waals surface area contributed by atoms with Gasteiger partial charge in [-0.15, -0.1) is 6.58 Å². The van der Waals surface area contributed by atoms with Gasteiger partial charge in [0.15, 0.2) is 0 Å². The molecule has 0 aliphatic rings. The summed E-state index contributed by atoms with van der Waals surface area (Å²) in [5.74, 6) is 0.0567. The number of ketones is 1. The van der Waals surface area contributed by atoms with Crippen LogP contribution in [0, 0.1) is 0 Å². The largest absolute Gasteiger partial charge is 0.299 e. The van der Waals surface area contributed by atoms with Gasteiger partial charge in [0.2, 0.25) is 0 Å². The van der Waals surface area contributed by atoms with Gasteiger partial charge in [0.1, 0.15) is 5.78 Å². The highest BCUT2D eigenvalue weighted by molar-refractivity contribution is 5.89. The molecule has 1 atom stereocenters. The molecule has 0 saturated carbocycles. The Hall–Kier alpha value is -1.44. The van der Waals surface area contributed by atoms with Crippen molar-refractivity contribution in [3.8, 4) is 0 Å². The van der Waals surface area contributed by atoms with Crippen LogP contribution in [-0.4, -0.2) is 10.8 Å². The van der Waals surface area contributed by atoms with Crippen LogP contribution in [0.15, 0.2) is 37.1 Å². The minimum Gasteiger partial charge on any atom is -0.299 e. The summed E-state index contributed by atoms with van der Waals surface area (Å²) in [7, 11) is 0. The summed E-state index contributed by atoms with van der Waals surface area (Å²) < 4.78 is 0. The van der Waals surface area contributed by atoms with E-state index in [0.29, 0.717) is 0 Å². The van der Waals surface area contributed by atoms with Crippen LogP contribution in [-0.2, 0) is 10.2 Å². The van der Waals surface area contributed by atoms with Crippen molar-refractivity contribution in [1.82, 2.24) is 4.98 Å². The first-order valence-electron chi connectivity index (χ1n) is 4.17. The number of pyridine rings is 1. The average Bonchev–Trinajstić information content (AvgIpc) is 2.17. The number of aromatic nitrogens is 1. The van der Waals surface area contributed by atoms with Crippen molar-refractivity contribution in [1.29, 1.82) is 0 Å². The zero-order valence-corrected chi connectivity index (χ0v) is 7.95. The molecule has 1 aromatic heterocycles. The molecule has 0 N–H and O–H groups in total. The van der Waals surface area contributed by atoms with Gasteiger partial charge in [-0.2, -0.15) is 0 Å². The van der Waals surface area contributed by atoms with Crippen LogP contribution in [0.25, 0.3) is 0 Å². The van der Waals surface area contributed by atoms with Crippen LogP contribution in [0.5, 0.6) is 0 Å². The van der Waals surface area contributed by atoms with Crippen LogP contribution in [0.3, 0.4) is 0 Å². The number of hydrogen-bond donors (Lipinski definition) is 0. The smallest absolute Gasteiger partial charge is 0.145 e. The van der Waals surface area contributed by atoms with Crippen molar-refractivity contribution in [2.75, 3.05) is 0 Å². The summed E-state index contributed by atoms with van der Waals surface area (Å²) in [6.07, 6.45) is 3.32. The summed E-state index contributed by atoms with van der Waals surface area (Å²) in [4.78, 5) is 15.5. The second kappa shape index (κ2) is 3.52. The number of allylic oxidation sites excluding steroid dienone is 1. The van der Waals surface area contributed by atoms with Crippen LogP contribution < -0.4 is 0 Å². The van der Waals surface area contributed by atoms with E-state index in [-0.39, 0.29) is 5.78 Å². The summed E-state index contributed by atoms with van der Waals surface area (Å²) >= 11 is 0. The van der Waals surface area contributed by atoms with E-state index in [1.165, 1.54) is 0 Å². The fourth-order valence-electron chi connectivity index (χ4n) is 1.10. The Kier molecular flexibility index (Phi) is 2.61. The maximum Gasteiger partial charge on any atom is 0.145 e. The molecule has 0 aromatic carbocycles. The van der Waals surface area contributed by atoms with E-state index < -0.39 is 5.41 Å². The molecule has 0 aliphatic heterocycles. The summed E-state index contributed by atoms with van der Waals surface area (Å²) in [6, 6.07) is 5.53. The molecule has 0 aliphatic carbocycles. The highest BCUT2D eigenvalue weighted by atomic mass is 16.1. The molecule has 1 unspecified atom stereocenters. The first-order valence-corrected chi connectivity index (χ1v) is 4.17. The maximum atomic E-state index is 11.4. The highest BCUT2D eigenvalue weighted by Crippen LogP contribution is 2.23. The van der Waals surface area contributed by atoms with Gasteiger partial charge in [-0.05, 0) is 26.0 Å². The Bertz CT molecular complexity index is 318. The van der Waals surface area contributed by atoms with Crippen molar-refractivity contribution in [3.05, 3.63) is 42.7 Å². The van der Waals surface area contributed by atoms with E-state index in [2.05, 4.69) is 11.6 Å². The average molecular weight is 175 g/mol. The molecule has 0 spiro atoms. The lowest BCUT2D eigenvalue weighted by Crippen LogP contribution is -2.28. The Balaban J connectivity index is 3.18. The molecule has 0 saturated heterocycles. The third-order valence-corrected chi connectivity index (χ3v) is 2.34. The number of carbonyl (C=O) groups is 1. The first-order chi connectivity index (χ1) is 6.11. The van der Waals surface area contributed by atoms with Crippen LogP contribution >= 0.6 is 0 Å². The van der Waals surface area contributed by atoms with Crippen molar-refractivity contribution in [2.24, 2.45) is 0 Å². The SMILES string of the molecule is C=CC(C)(C(C)=O)c1ccccn1. The summed E-state index contributed by atoms with van der Waals surface area (Å²) in [5.41, 5.74) is 0.0962. The zero-order chi connectivity index (χ0) is 9.90. The first kappa shape index (κ1) is 9.65. The fourth-order valence-corrected chi connectivity index (χ4v) is 1.10.